The maximum absolute atomic E-state index is 12.8. The third kappa shape index (κ3) is 4.47. The first kappa shape index (κ1) is 23.6. The van der Waals surface area contributed by atoms with Gasteiger partial charge in [-0.2, -0.15) is 0 Å². The Morgan fingerprint density at radius 1 is 0.485 bits per heavy atom. The lowest BCUT2D eigenvalue weighted by molar-refractivity contribution is -0.259. The Hall–Kier alpha value is -4.03. The molecule has 0 aliphatic rings. The first-order chi connectivity index (χ1) is 15.4. The van der Waals surface area contributed by atoms with Crippen molar-refractivity contribution < 1.29 is 46.5 Å². The first-order valence-corrected chi connectivity index (χ1v) is 11.8. The average molecular weight is 487 g/mol. The number of rotatable bonds is 7. The van der Waals surface area contributed by atoms with Crippen LogP contribution in [0, 0.1) is 0 Å². The van der Waals surface area contributed by atoms with Gasteiger partial charge >= 0.3 is 0 Å². The smallest absolute Gasteiger partial charge is 0.206 e. The highest BCUT2D eigenvalue weighted by molar-refractivity contribution is 7.92. The lowest BCUT2D eigenvalue weighted by Gasteiger charge is -2.14. The molecule has 0 bridgehead atoms. The zero-order valence-electron chi connectivity index (χ0n) is 16.2. The van der Waals surface area contributed by atoms with Crippen molar-refractivity contribution in [3.8, 4) is 0 Å². The second kappa shape index (κ2) is 8.48. The summed E-state index contributed by atoms with van der Waals surface area (Å²) in [6, 6.07) is 10.4. The molecule has 3 aromatic carbocycles. The van der Waals surface area contributed by atoms with Gasteiger partial charge in [0.1, 0.15) is 0 Å². The summed E-state index contributed by atoms with van der Waals surface area (Å²) in [5, 5.41) is 33.0. The summed E-state index contributed by atoms with van der Waals surface area (Å²) < 4.78 is 51.1. The second-order valence-corrected chi connectivity index (χ2v) is 10.5. The highest BCUT2D eigenvalue weighted by Crippen LogP contribution is 2.27. The van der Waals surface area contributed by atoms with Gasteiger partial charge in [0.2, 0.25) is 19.7 Å². The molecule has 10 nitrogen and oxygen atoms in total. The summed E-state index contributed by atoms with van der Waals surface area (Å²) in [5.74, 6) is -5.24. The van der Waals surface area contributed by atoms with E-state index in [0.717, 1.165) is 60.7 Å². The zero-order valence-corrected chi connectivity index (χ0v) is 17.9. The quantitative estimate of drug-likeness (QED) is 0.377. The van der Waals surface area contributed by atoms with Gasteiger partial charge in [-0.15, -0.1) is 0 Å². The van der Waals surface area contributed by atoms with Crippen LogP contribution in [-0.2, 0) is 19.7 Å². The minimum absolute atomic E-state index is 0.226. The molecule has 0 saturated carbocycles. The topological polar surface area (TPSA) is 189 Å². The molecule has 0 amide bonds. The van der Waals surface area contributed by atoms with Crippen LogP contribution in [-0.4, -0.2) is 34.7 Å². The van der Waals surface area contributed by atoms with E-state index in [1.807, 2.05) is 0 Å². The molecule has 0 atom stereocenters. The van der Waals surface area contributed by atoms with Crippen LogP contribution in [0.25, 0.3) is 0 Å². The fourth-order valence-electron chi connectivity index (χ4n) is 2.88. The minimum atomic E-state index is -4.35. The van der Waals surface area contributed by atoms with Crippen LogP contribution in [0.2, 0.25) is 0 Å². The van der Waals surface area contributed by atoms with Crippen molar-refractivity contribution in [2.75, 3.05) is 0 Å². The number of carbonyl (C=O) groups is 3. The van der Waals surface area contributed by atoms with Gasteiger partial charge in [-0.3, -0.25) is 0 Å². The van der Waals surface area contributed by atoms with Crippen molar-refractivity contribution in [2.24, 2.45) is 0 Å². The largest absolute Gasteiger partial charge is 0.545 e. The zero-order chi connectivity index (χ0) is 24.6. The predicted molar refractivity (Wildman–Crippen MR) is 103 cm³/mol. The Balaban J connectivity index is 1.99. The Morgan fingerprint density at radius 3 is 1.24 bits per heavy atom. The minimum Gasteiger partial charge on any atom is -0.545 e. The van der Waals surface area contributed by atoms with Gasteiger partial charge < -0.3 is 29.7 Å². The normalized spacial score (nSPS) is 11.6. The molecule has 0 saturated heterocycles. The molecule has 0 aliphatic carbocycles. The molecule has 0 radical (unpaired) electrons. The Morgan fingerprint density at radius 2 is 0.848 bits per heavy atom. The summed E-state index contributed by atoms with van der Waals surface area (Å²) in [6.45, 7) is 0. The van der Waals surface area contributed by atoms with Crippen molar-refractivity contribution >= 4 is 37.6 Å². The van der Waals surface area contributed by atoms with E-state index in [2.05, 4.69) is 0 Å². The average Bonchev–Trinajstić information content (AvgIpc) is 2.78. The predicted octanol–water partition coefficient (Wildman–Crippen LogP) is -1.56. The number of benzene rings is 3. The second-order valence-electron chi connectivity index (χ2n) is 6.57. The van der Waals surface area contributed by atoms with Gasteiger partial charge in [-0.05, 0) is 54.1 Å². The van der Waals surface area contributed by atoms with Crippen LogP contribution in [0.4, 0.5) is 0 Å². The summed E-state index contributed by atoms with van der Waals surface area (Å²) in [5.41, 5.74) is -1.88. The highest BCUT2D eigenvalue weighted by Gasteiger charge is 2.22. The lowest BCUT2D eigenvalue weighted by Crippen LogP contribution is -2.30. The molecule has 3 rings (SSSR count). The van der Waals surface area contributed by atoms with Gasteiger partial charge in [0.25, 0.3) is 0 Å². The third-order valence-corrected chi connectivity index (χ3v) is 8.14. The van der Waals surface area contributed by atoms with Gasteiger partial charge in [0.05, 0.1) is 37.5 Å². The highest BCUT2D eigenvalue weighted by atomic mass is 32.2. The van der Waals surface area contributed by atoms with Crippen LogP contribution < -0.4 is 15.3 Å². The summed E-state index contributed by atoms with van der Waals surface area (Å²) >= 11 is 0. The van der Waals surface area contributed by atoms with E-state index in [0.29, 0.717) is 6.07 Å². The van der Waals surface area contributed by atoms with Crippen molar-refractivity contribution in [1.82, 2.24) is 0 Å². The number of aromatic carboxylic acids is 3. The fourth-order valence-corrected chi connectivity index (χ4v) is 5.43. The van der Waals surface area contributed by atoms with Crippen LogP contribution in [0.15, 0.2) is 86.3 Å². The monoisotopic (exact) mass is 487 g/mol. The van der Waals surface area contributed by atoms with E-state index in [1.54, 1.807) is 0 Å². The number of hydrogen-bond donors (Lipinski definition) is 0. The number of hydrogen-bond acceptors (Lipinski definition) is 10. The van der Waals surface area contributed by atoms with Crippen LogP contribution in [0.5, 0.6) is 0 Å². The third-order valence-electron chi connectivity index (χ3n) is 4.59. The number of carboxylic acids is 3. The van der Waals surface area contributed by atoms with E-state index in [1.165, 1.54) is 0 Å². The molecular weight excluding hydrogens is 476 g/mol. The van der Waals surface area contributed by atoms with E-state index in [9.17, 15) is 46.5 Å². The molecule has 33 heavy (non-hydrogen) atoms. The van der Waals surface area contributed by atoms with Crippen molar-refractivity contribution in [1.29, 1.82) is 0 Å². The van der Waals surface area contributed by atoms with Gasteiger partial charge in [0.15, 0.2) is 0 Å². The van der Waals surface area contributed by atoms with E-state index < -0.39 is 53.6 Å². The van der Waals surface area contributed by atoms with E-state index in [-0.39, 0.29) is 20.2 Å². The molecular formula is C21H11O10S2-3. The van der Waals surface area contributed by atoms with Gasteiger partial charge in [-0.25, -0.2) is 16.8 Å². The molecule has 0 aromatic heterocycles. The molecule has 0 unspecified atom stereocenters. The molecule has 0 heterocycles. The van der Waals surface area contributed by atoms with E-state index >= 15 is 0 Å². The van der Waals surface area contributed by atoms with E-state index in [4.69, 9.17) is 0 Å². The van der Waals surface area contributed by atoms with Crippen molar-refractivity contribution in [3.63, 3.8) is 0 Å². The maximum Gasteiger partial charge on any atom is 0.206 e. The molecule has 0 N–H and O–H groups in total. The standard InChI is InChI=1S/C21H14O10S2/c22-19(23)12-1-3-13(4-2-12)32(28,29)14-5-7-15(8-6-14)33(30,31)16-9-10-17(20(24)25)18(11-16)21(26)27/h1-11H,(H,22,23)(H,24,25)(H,26,27)/p-3. The lowest BCUT2D eigenvalue weighted by atomic mass is 10.1. The first-order valence-electron chi connectivity index (χ1n) is 8.84. The fraction of sp³-hybridized carbons (Fsp3) is 0. The molecule has 0 aliphatic heterocycles. The molecule has 170 valence electrons. The Bertz CT molecular complexity index is 1490. The van der Waals surface area contributed by atoms with Crippen molar-refractivity contribution in [2.45, 2.75) is 19.6 Å². The summed E-state index contributed by atoms with van der Waals surface area (Å²) in [7, 11) is -8.46. The Kier molecular flexibility index (Phi) is 6.07. The summed E-state index contributed by atoms with van der Waals surface area (Å²) in [4.78, 5) is 31.5. The molecule has 0 spiro atoms. The van der Waals surface area contributed by atoms with Crippen LogP contribution in [0.1, 0.15) is 31.1 Å². The molecule has 0 fully saturated rings. The van der Waals surface area contributed by atoms with Gasteiger partial charge in [0, 0.05) is 11.1 Å². The van der Waals surface area contributed by atoms with Crippen molar-refractivity contribution in [3.05, 3.63) is 83.4 Å². The van der Waals surface area contributed by atoms with Crippen LogP contribution >= 0.6 is 0 Å². The van der Waals surface area contributed by atoms with Crippen LogP contribution in [0.3, 0.4) is 0 Å². The molecule has 12 heteroatoms. The number of carbonyl (C=O) groups excluding carboxylic acids is 3. The SMILES string of the molecule is O=C([O-])c1ccc(S(=O)(=O)c2ccc(S(=O)(=O)c3ccc(C(=O)[O-])c(C(=O)[O-])c3)cc2)cc1. The molecule has 3 aromatic rings. The number of carboxylic acid groups (broad SMARTS) is 3. The summed E-state index contributed by atoms with van der Waals surface area (Å²) in [6.07, 6.45) is 0. The Labute approximate surface area is 187 Å². The number of sulfone groups is 2. The maximum atomic E-state index is 12.8. The van der Waals surface area contributed by atoms with Gasteiger partial charge in [-0.1, -0.05) is 18.2 Å².